The summed E-state index contributed by atoms with van der Waals surface area (Å²) < 4.78 is 6.17. The molecule has 0 aliphatic rings. The van der Waals surface area contributed by atoms with Gasteiger partial charge in [-0.25, -0.2) is 19.6 Å². The minimum atomic E-state index is -0.378. The van der Waals surface area contributed by atoms with Crippen LogP contribution in [0.3, 0.4) is 0 Å². The molecule has 0 radical (unpaired) electrons. The van der Waals surface area contributed by atoms with E-state index in [9.17, 15) is 4.79 Å². The number of nitrogens with one attached hydrogen (secondary N) is 1. The topological polar surface area (TPSA) is 94.8 Å². The van der Waals surface area contributed by atoms with Crippen molar-refractivity contribution in [2.45, 2.75) is 32.9 Å². The lowest BCUT2D eigenvalue weighted by molar-refractivity contribution is -0.141. The molecule has 8 nitrogen and oxygen atoms in total. The van der Waals surface area contributed by atoms with Crippen molar-refractivity contribution in [3.05, 3.63) is 28.6 Å². The molecule has 24 heavy (non-hydrogen) atoms. The molecule has 9 heteroatoms. The van der Waals surface area contributed by atoms with Crippen LogP contribution in [0.1, 0.15) is 29.8 Å². The normalized spacial score (nSPS) is 12.3. The van der Waals surface area contributed by atoms with Crippen LogP contribution >= 0.6 is 11.3 Å². The third-order valence-electron chi connectivity index (χ3n) is 3.58. The molecule has 3 rings (SSSR count). The highest BCUT2D eigenvalue weighted by Crippen LogP contribution is 2.26. The van der Waals surface area contributed by atoms with E-state index in [4.69, 9.17) is 0 Å². The van der Waals surface area contributed by atoms with Gasteiger partial charge in [0.15, 0.2) is 5.65 Å². The van der Waals surface area contributed by atoms with Crippen LogP contribution in [-0.2, 0) is 22.5 Å². The Labute approximate surface area is 142 Å². The van der Waals surface area contributed by atoms with Crippen LogP contribution in [0.4, 0.5) is 5.82 Å². The van der Waals surface area contributed by atoms with Gasteiger partial charge in [0.1, 0.15) is 23.7 Å². The van der Waals surface area contributed by atoms with E-state index in [1.165, 1.54) is 23.0 Å². The molecule has 1 unspecified atom stereocenters. The van der Waals surface area contributed by atoms with Gasteiger partial charge in [0.2, 0.25) is 0 Å². The first-order valence-electron chi connectivity index (χ1n) is 7.56. The van der Waals surface area contributed by atoms with E-state index in [0.717, 1.165) is 16.8 Å². The lowest BCUT2D eigenvalue weighted by atomic mass is 10.3. The van der Waals surface area contributed by atoms with Crippen molar-refractivity contribution >= 4 is 34.2 Å². The first-order valence-corrected chi connectivity index (χ1v) is 8.38. The number of rotatable bonds is 6. The van der Waals surface area contributed by atoms with Crippen LogP contribution in [0.2, 0.25) is 0 Å². The second-order valence-electron chi connectivity index (χ2n) is 5.22. The highest BCUT2D eigenvalue weighted by atomic mass is 32.1. The lowest BCUT2D eigenvalue weighted by Crippen LogP contribution is -2.13. The maximum absolute atomic E-state index is 11.5. The number of aryl methyl sites for hydroxylation is 1. The monoisotopic (exact) mass is 346 g/mol. The van der Waals surface area contributed by atoms with Gasteiger partial charge in [0, 0.05) is 11.1 Å². The Morgan fingerprint density at radius 1 is 1.38 bits per heavy atom. The summed E-state index contributed by atoms with van der Waals surface area (Å²) in [6, 6.07) is 0.0114. The number of fused-ring (bicyclic) bond motifs is 1. The molecule has 0 amide bonds. The molecule has 3 aromatic heterocycles. The van der Waals surface area contributed by atoms with Crippen LogP contribution in [0.15, 0.2) is 18.7 Å². The summed E-state index contributed by atoms with van der Waals surface area (Å²) in [4.78, 5) is 25.7. The number of thiazole rings is 1. The van der Waals surface area contributed by atoms with Crippen molar-refractivity contribution in [2.75, 3.05) is 12.4 Å². The molecule has 0 saturated heterocycles. The molecule has 0 bridgehead atoms. The molecule has 1 atom stereocenters. The zero-order valence-electron chi connectivity index (χ0n) is 13.7. The van der Waals surface area contributed by atoms with Crippen molar-refractivity contribution in [1.29, 1.82) is 0 Å². The number of hydrogen-bond acceptors (Lipinski definition) is 8. The predicted octanol–water partition coefficient (Wildman–Crippen LogP) is 2.19. The predicted molar refractivity (Wildman–Crippen MR) is 90.9 cm³/mol. The summed E-state index contributed by atoms with van der Waals surface area (Å²) in [6.07, 6.45) is 5.98. The molecular weight excluding hydrogens is 328 g/mol. The van der Waals surface area contributed by atoms with Gasteiger partial charge >= 0.3 is 5.97 Å². The number of anilines is 1. The number of methoxy groups -OCH3 is 1. The summed E-state index contributed by atoms with van der Waals surface area (Å²) in [7, 11) is 1.34. The summed E-state index contributed by atoms with van der Waals surface area (Å²) in [5, 5.41) is 9.30. The van der Waals surface area contributed by atoms with Crippen LogP contribution in [0, 0.1) is 0 Å². The van der Waals surface area contributed by atoms with Gasteiger partial charge in [-0.05, 0) is 13.3 Å². The number of carbonyl (C=O) groups is 1. The molecule has 126 valence electrons. The van der Waals surface area contributed by atoms with E-state index >= 15 is 0 Å². The van der Waals surface area contributed by atoms with Crippen molar-refractivity contribution in [3.8, 4) is 0 Å². The number of carbonyl (C=O) groups excluding carboxylic acids is 1. The maximum Gasteiger partial charge on any atom is 0.327 e. The van der Waals surface area contributed by atoms with E-state index in [-0.39, 0.29) is 18.6 Å². The summed E-state index contributed by atoms with van der Waals surface area (Å²) in [6.45, 7) is 4.16. The van der Waals surface area contributed by atoms with Gasteiger partial charge in [-0.1, -0.05) is 6.92 Å². The fourth-order valence-electron chi connectivity index (χ4n) is 2.26. The fourth-order valence-corrected chi connectivity index (χ4v) is 3.12. The van der Waals surface area contributed by atoms with E-state index in [0.29, 0.717) is 11.5 Å². The molecule has 0 spiro atoms. The minimum absolute atomic E-state index is 0.0114. The van der Waals surface area contributed by atoms with Gasteiger partial charge in [-0.2, -0.15) is 5.10 Å². The molecule has 0 aliphatic heterocycles. The molecule has 3 aromatic rings. The second-order valence-corrected chi connectivity index (χ2v) is 6.37. The number of esters is 1. The van der Waals surface area contributed by atoms with Gasteiger partial charge in [0.05, 0.1) is 24.7 Å². The number of nitrogens with zero attached hydrogens (tertiary/aromatic N) is 5. The Kier molecular flexibility index (Phi) is 4.70. The van der Waals surface area contributed by atoms with Crippen molar-refractivity contribution in [1.82, 2.24) is 24.7 Å². The number of hydrogen-bond donors (Lipinski definition) is 1. The van der Waals surface area contributed by atoms with Gasteiger partial charge < -0.3 is 10.1 Å². The first-order chi connectivity index (χ1) is 11.6. The highest BCUT2D eigenvalue weighted by molar-refractivity contribution is 7.11. The second kappa shape index (κ2) is 6.91. The van der Waals surface area contributed by atoms with E-state index in [2.05, 4.69) is 37.0 Å². The SMILES string of the molecule is CCc1cnc(C(C)Nc2ncnc3c2cnn3CC(=O)OC)s1. The number of ether oxygens (including phenoxy) is 1. The average molecular weight is 346 g/mol. The molecule has 0 aliphatic carbocycles. The minimum Gasteiger partial charge on any atom is -0.468 e. The smallest absolute Gasteiger partial charge is 0.327 e. The lowest BCUT2D eigenvalue weighted by Gasteiger charge is -2.12. The largest absolute Gasteiger partial charge is 0.468 e. The Bertz CT molecular complexity index is 859. The Morgan fingerprint density at radius 3 is 2.92 bits per heavy atom. The summed E-state index contributed by atoms with van der Waals surface area (Å²) >= 11 is 1.68. The van der Waals surface area contributed by atoms with Crippen LogP contribution in [-0.4, -0.2) is 37.8 Å². The molecule has 3 heterocycles. The van der Waals surface area contributed by atoms with Crippen LogP contribution in [0.25, 0.3) is 11.0 Å². The maximum atomic E-state index is 11.5. The summed E-state index contributed by atoms with van der Waals surface area (Å²) in [5.74, 6) is 0.285. The summed E-state index contributed by atoms with van der Waals surface area (Å²) in [5.41, 5.74) is 0.582. The van der Waals surface area contributed by atoms with Gasteiger partial charge in [0.25, 0.3) is 0 Å². The Hall–Kier alpha value is -2.55. The van der Waals surface area contributed by atoms with E-state index in [1.54, 1.807) is 17.5 Å². The quantitative estimate of drug-likeness (QED) is 0.684. The highest BCUT2D eigenvalue weighted by Gasteiger charge is 2.16. The average Bonchev–Trinajstić information content (AvgIpc) is 3.22. The number of aromatic nitrogens is 5. The standard InChI is InChI=1S/C15H18N6O2S/c1-4-10-5-16-15(24-10)9(2)20-13-11-6-19-21(7-12(22)23-3)14(11)18-8-17-13/h5-6,8-9H,4,7H2,1-3H3,(H,17,18,20). The molecule has 0 fully saturated rings. The Morgan fingerprint density at radius 2 is 2.21 bits per heavy atom. The third kappa shape index (κ3) is 3.21. The van der Waals surface area contributed by atoms with Crippen molar-refractivity contribution in [2.24, 2.45) is 0 Å². The van der Waals surface area contributed by atoms with Crippen molar-refractivity contribution < 1.29 is 9.53 Å². The van der Waals surface area contributed by atoms with Gasteiger partial charge in [-0.15, -0.1) is 11.3 Å². The van der Waals surface area contributed by atoms with Crippen LogP contribution in [0.5, 0.6) is 0 Å². The molecule has 1 N–H and O–H groups in total. The van der Waals surface area contributed by atoms with Crippen molar-refractivity contribution in [3.63, 3.8) is 0 Å². The molecule has 0 saturated carbocycles. The third-order valence-corrected chi connectivity index (χ3v) is 4.91. The first kappa shape index (κ1) is 16.3. The zero-order chi connectivity index (χ0) is 17.1. The van der Waals surface area contributed by atoms with Gasteiger partial charge in [-0.3, -0.25) is 4.79 Å². The van der Waals surface area contributed by atoms with Crippen LogP contribution < -0.4 is 5.32 Å². The van der Waals surface area contributed by atoms with E-state index in [1.807, 2.05) is 13.1 Å². The Balaban J connectivity index is 1.85. The zero-order valence-corrected chi connectivity index (χ0v) is 14.5. The fraction of sp³-hybridized carbons (Fsp3) is 0.400. The molecular formula is C15H18N6O2S. The van der Waals surface area contributed by atoms with E-state index < -0.39 is 0 Å². The molecule has 0 aromatic carbocycles.